The van der Waals surface area contributed by atoms with Crippen molar-refractivity contribution in [1.29, 1.82) is 0 Å². The van der Waals surface area contributed by atoms with Crippen molar-refractivity contribution in [3.05, 3.63) is 53.6 Å². The van der Waals surface area contributed by atoms with E-state index < -0.39 is 6.10 Å². The fourth-order valence-electron chi connectivity index (χ4n) is 2.68. The number of hydrogen-bond acceptors (Lipinski definition) is 3. The molecule has 3 rings (SSSR count). The normalized spacial score (nSPS) is 20.0. The summed E-state index contributed by atoms with van der Waals surface area (Å²) in [5, 5.41) is 10.3. The van der Waals surface area contributed by atoms with E-state index in [9.17, 15) is 5.11 Å². The molecule has 1 aliphatic rings. The van der Waals surface area contributed by atoms with E-state index in [2.05, 4.69) is 23.2 Å². The molecular formula is C15H18N2O2. The average molecular weight is 258 g/mol. The second-order valence-electron chi connectivity index (χ2n) is 4.99. The van der Waals surface area contributed by atoms with Crippen LogP contribution < -0.4 is 0 Å². The number of aliphatic hydroxyl groups excluding tert-OH is 1. The van der Waals surface area contributed by atoms with E-state index in [1.54, 1.807) is 12.5 Å². The van der Waals surface area contributed by atoms with Gasteiger partial charge in [-0.25, -0.2) is 4.98 Å². The Morgan fingerprint density at radius 1 is 1.47 bits per heavy atom. The Bertz CT molecular complexity index is 565. The molecule has 4 nitrogen and oxygen atoms in total. The maximum atomic E-state index is 10.3. The third-order valence-corrected chi connectivity index (χ3v) is 3.73. The standard InChI is InChI=1S/C15H18N2O2/c1-17-10-16-9-13(17)14(18)8-15-12-5-3-2-4-11(12)6-7-19-15/h2-5,9-10,14-15,18H,6-8H2,1H3. The van der Waals surface area contributed by atoms with Crippen molar-refractivity contribution < 1.29 is 9.84 Å². The quantitative estimate of drug-likeness (QED) is 0.917. The van der Waals surface area contributed by atoms with Crippen LogP contribution in [0.3, 0.4) is 0 Å². The van der Waals surface area contributed by atoms with Crippen molar-refractivity contribution in [2.45, 2.75) is 25.0 Å². The summed E-state index contributed by atoms with van der Waals surface area (Å²) < 4.78 is 7.67. The minimum atomic E-state index is -0.552. The average Bonchev–Trinajstić information content (AvgIpc) is 2.85. The summed E-state index contributed by atoms with van der Waals surface area (Å²) in [7, 11) is 1.89. The highest BCUT2D eigenvalue weighted by Gasteiger charge is 2.24. The Morgan fingerprint density at radius 3 is 3.11 bits per heavy atom. The number of aliphatic hydroxyl groups is 1. The van der Waals surface area contributed by atoms with Gasteiger partial charge in [-0.05, 0) is 17.5 Å². The van der Waals surface area contributed by atoms with Gasteiger partial charge in [0.1, 0.15) is 0 Å². The molecule has 19 heavy (non-hydrogen) atoms. The Balaban J connectivity index is 1.80. The fraction of sp³-hybridized carbons (Fsp3) is 0.400. The lowest BCUT2D eigenvalue weighted by Gasteiger charge is -2.27. The van der Waals surface area contributed by atoms with Crippen LogP contribution in [0, 0.1) is 0 Å². The van der Waals surface area contributed by atoms with Crippen LogP contribution in [-0.2, 0) is 18.2 Å². The molecule has 1 aliphatic heterocycles. The van der Waals surface area contributed by atoms with E-state index in [4.69, 9.17) is 4.74 Å². The zero-order valence-electron chi connectivity index (χ0n) is 11.0. The van der Waals surface area contributed by atoms with Crippen LogP contribution in [-0.4, -0.2) is 21.3 Å². The summed E-state index contributed by atoms with van der Waals surface area (Å²) in [6, 6.07) is 8.31. The molecule has 2 aromatic rings. The van der Waals surface area contributed by atoms with Gasteiger partial charge in [0, 0.05) is 13.5 Å². The van der Waals surface area contributed by atoms with Crippen LogP contribution >= 0.6 is 0 Å². The molecule has 0 spiro atoms. The molecular weight excluding hydrogens is 240 g/mol. The van der Waals surface area contributed by atoms with Crippen molar-refractivity contribution in [3.63, 3.8) is 0 Å². The number of fused-ring (bicyclic) bond motifs is 1. The van der Waals surface area contributed by atoms with Crippen molar-refractivity contribution in [2.75, 3.05) is 6.61 Å². The van der Waals surface area contributed by atoms with Gasteiger partial charge in [0.2, 0.25) is 0 Å². The predicted molar refractivity (Wildman–Crippen MR) is 71.6 cm³/mol. The number of hydrogen-bond donors (Lipinski definition) is 1. The zero-order valence-corrected chi connectivity index (χ0v) is 11.0. The lowest BCUT2D eigenvalue weighted by Crippen LogP contribution is -2.19. The Morgan fingerprint density at radius 2 is 2.32 bits per heavy atom. The van der Waals surface area contributed by atoms with Gasteiger partial charge in [-0.2, -0.15) is 0 Å². The summed E-state index contributed by atoms with van der Waals surface area (Å²) in [4.78, 5) is 4.04. The van der Waals surface area contributed by atoms with Crippen LogP contribution in [0.25, 0.3) is 0 Å². The zero-order chi connectivity index (χ0) is 13.2. The number of nitrogens with zero attached hydrogens (tertiary/aromatic N) is 2. The third kappa shape index (κ3) is 2.41. The van der Waals surface area contributed by atoms with Gasteiger partial charge < -0.3 is 14.4 Å². The maximum absolute atomic E-state index is 10.3. The van der Waals surface area contributed by atoms with Gasteiger partial charge in [-0.15, -0.1) is 0 Å². The SMILES string of the molecule is Cn1cncc1C(O)CC1OCCc2ccccc21. The topological polar surface area (TPSA) is 47.3 Å². The predicted octanol–water partition coefficient (Wildman–Crippen LogP) is 2.16. The number of aryl methyl sites for hydroxylation is 1. The van der Waals surface area contributed by atoms with Gasteiger partial charge in [-0.3, -0.25) is 0 Å². The van der Waals surface area contributed by atoms with E-state index in [1.165, 1.54) is 11.1 Å². The first-order valence-electron chi connectivity index (χ1n) is 6.59. The Hall–Kier alpha value is -1.65. The molecule has 1 aromatic carbocycles. The molecule has 0 bridgehead atoms. The lowest BCUT2D eigenvalue weighted by atomic mass is 9.94. The number of imidazole rings is 1. The molecule has 100 valence electrons. The number of benzene rings is 1. The van der Waals surface area contributed by atoms with E-state index in [-0.39, 0.29) is 6.10 Å². The van der Waals surface area contributed by atoms with E-state index >= 15 is 0 Å². The summed E-state index contributed by atoms with van der Waals surface area (Å²) in [6.07, 6.45) is 4.34. The summed E-state index contributed by atoms with van der Waals surface area (Å²) in [5.74, 6) is 0. The molecule has 0 fully saturated rings. The summed E-state index contributed by atoms with van der Waals surface area (Å²) in [6.45, 7) is 0.722. The van der Waals surface area contributed by atoms with Crippen molar-refractivity contribution in [2.24, 2.45) is 7.05 Å². The van der Waals surface area contributed by atoms with Gasteiger partial charge >= 0.3 is 0 Å². The van der Waals surface area contributed by atoms with Crippen LogP contribution in [0.15, 0.2) is 36.8 Å². The van der Waals surface area contributed by atoms with Crippen molar-refractivity contribution >= 4 is 0 Å². The highest BCUT2D eigenvalue weighted by molar-refractivity contribution is 5.31. The van der Waals surface area contributed by atoms with Gasteiger partial charge in [0.15, 0.2) is 0 Å². The summed E-state index contributed by atoms with van der Waals surface area (Å²) >= 11 is 0. The molecule has 0 amide bonds. The van der Waals surface area contributed by atoms with Gasteiger partial charge in [0.25, 0.3) is 0 Å². The molecule has 1 aromatic heterocycles. The van der Waals surface area contributed by atoms with Crippen LogP contribution in [0.5, 0.6) is 0 Å². The second-order valence-corrected chi connectivity index (χ2v) is 4.99. The minimum Gasteiger partial charge on any atom is -0.387 e. The molecule has 2 heterocycles. The molecule has 2 unspecified atom stereocenters. The fourth-order valence-corrected chi connectivity index (χ4v) is 2.68. The van der Waals surface area contributed by atoms with Crippen LogP contribution in [0.1, 0.15) is 35.4 Å². The molecule has 0 radical (unpaired) electrons. The van der Waals surface area contributed by atoms with E-state index in [0.29, 0.717) is 6.42 Å². The van der Waals surface area contributed by atoms with Crippen molar-refractivity contribution in [3.8, 4) is 0 Å². The van der Waals surface area contributed by atoms with E-state index in [1.807, 2.05) is 17.7 Å². The smallest absolute Gasteiger partial charge is 0.0983 e. The van der Waals surface area contributed by atoms with Crippen LogP contribution in [0.4, 0.5) is 0 Å². The molecule has 0 saturated carbocycles. The highest BCUT2D eigenvalue weighted by Crippen LogP contribution is 2.33. The number of ether oxygens (including phenoxy) is 1. The lowest BCUT2D eigenvalue weighted by molar-refractivity contribution is 0.00222. The first-order valence-corrected chi connectivity index (χ1v) is 6.59. The van der Waals surface area contributed by atoms with Crippen molar-refractivity contribution in [1.82, 2.24) is 9.55 Å². The first-order chi connectivity index (χ1) is 9.25. The van der Waals surface area contributed by atoms with Crippen LogP contribution in [0.2, 0.25) is 0 Å². The molecule has 0 aliphatic carbocycles. The monoisotopic (exact) mass is 258 g/mol. The number of rotatable bonds is 3. The molecule has 4 heteroatoms. The number of aromatic nitrogens is 2. The molecule has 0 saturated heterocycles. The maximum Gasteiger partial charge on any atom is 0.0983 e. The first kappa shape index (κ1) is 12.4. The van der Waals surface area contributed by atoms with Gasteiger partial charge in [0.05, 0.1) is 37.0 Å². The summed E-state index contributed by atoms with van der Waals surface area (Å²) in [5.41, 5.74) is 3.36. The Kier molecular flexibility index (Phi) is 3.36. The molecule has 2 atom stereocenters. The minimum absolute atomic E-state index is 0.0325. The second kappa shape index (κ2) is 5.15. The van der Waals surface area contributed by atoms with Gasteiger partial charge in [-0.1, -0.05) is 24.3 Å². The third-order valence-electron chi connectivity index (χ3n) is 3.73. The Labute approximate surface area is 112 Å². The largest absolute Gasteiger partial charge is 0.387 e. The molecule has 1 N–H and O–H groups in total. The highest BCUT2D eigenvalue weighted by atomic mass is 16.5. The van der Waals surface area contributed by atoms with E-state index in [0.717, 1.165) is 18.7 Å².